The Hall–Kier alpha value is -2.96. The Bertz CT molecular complexity index is 723. The van der Waals surface area contributed by atoms with Gasteiger partial charge in [0, 0.05) is 12.0 Å². The van der Waals surface area contributed by atoms with E-state index < -0.39 is 36.7 Å². The highest BCUT2D eigenvalue weighted by atomic mass is 16.6. The number of carbonyl (C=O) groups excluding carboxylic acids is 4. The Morgan fingerprint density at radius 1 is 1.08 bits per heavy atom. The highest BCUT2D eigenvalue weighted by Gasteiger charge is 2.43. The van der Waals surface area contributed by atoms with Crippen molar-refractivity contribution in [3.8, 4) is 0 Å². The molecule has 0 heterocycles. The minimum Gasteiger partial charge on any atom is -0.451 e. The minimum absolute atomic E-state index is 0.00496. The van der Waals surface area contributed by atoms with Crippen LogP contribution in [0.2, 0.25) is 0 Å². The maximum absolute atomic E-state index is 12.1. The van der Waals surface area contributed by atoms with Crippen molar-refractivity contribution >= 4 is 23.7 Å². The Balaban J connectivity index is 1.90. The highest BCUT2D eigenvalue weighted by Crippen LogP contribution is 2.40. The van der Waals surface area contributed by atoms with Gasteiger partial charge in [-0.25, -0.2) is 14.4 Å². The molecule has 0 saturated heterocycles. The van der Waals surface area contributed by atoms with E-state index in [0.717, 1.165) is 5.56 Å². The van der Waals surface area contributed by atoms with Gasteiger partial charge in [-0.2, -0.15) is 0 Å². The molecule has 0 N–H and O–H groups in total. The van der Waals surface area contributed by atoms with Crippen molar-refractivity contribution in [1.82, 2.24) is 0 Å². The summed E-state index contributed by atoms with van der Waals surface area (Å²) in [4.78, 5) is 46.6. The Kier molecular flexibility index (Phi) is 6.27. The van der Waals surface area contributed by atoms with E-state index in [1.54, 1.807) is 24.3 Å². The first kappa shape index (κ1) is 19.4. The average molecular weight is 360 g/mol. The van der Waals surface area contributed by atoms with E-state index in [1.807, 2.05) is 6.07 Å². The summed E-state index contributed by atoms with van der Waals surface area (Å²) in [6, 6.07) is 8.99. The van der Waals surface area contributed by atoms with E-state index in [2.05, 4.69) is 11.3 Å². The minimum atomic E-state index is -1.03. The van der Waals surface area contributed by atoms with E-state index in [0.29, 0.717) is 12.8 Å². The number of ether oxygens (including phenoxy) is 3. The smallest absolute Gasteiger partial charge is 0.345 e. The van der Waals surface area contributed by atoms with E-state index in [4.69, 9.17) is 9.47 Å². The summed E-state index contributed by atoms with van der Waals surface area (Å²) in [5, 5.41) is 0. The molecular weight excluding hydrogens is 340 g/mol. The molecule has 0 aromatic heterocycles. The van der Waals surface area contributed by atoms with Gasteiger partial charge in [0.2, 0.25) is 0 Å². The quantitative estimate of drug-likeness (QED) is 0.416. The average Bonchev–Trinajstić information content (AvgIpc) is 3.00. The number of hydrogen-bond donors (Lipinski definition) is 0. The largest absolute Gasteiger partial charge is 0.451 e. The van der Waals surface area contributed by atoms with Crippen molar-refractivity contribution in [2.75, 3.05) is 13.2 Å². The van der Waals surface area contributed by atoms with Crippen LogP contribution in [-0.4, -0.2) is 36.9 Å². The molecule has 1 saturated carbocycles. The molecule has 1 fully saturated rings. The molecule has 1 aromatic rings. The van der Waals surface area contributed by atoms with Gasteiger partial charge in [0.05, 0.1) is 6.42 Å². The summed E-state index contributed by atoms with van der Waals surface area (Å²) < 4.78 is 14.9. The lowest BCUT2D eigenvalue weighted by atomic mass is 9.92. The lowest BCUT2D eigenvalue weighted by Crippen LogP contribution is -2.32. The number of esters is 3. The third-order valence-electron chi connectivity index (χ3n) is 3.92. The summed E-state index contributed by atoms with van der Waals surface area (Å²) in [6.45, 7) is 3.56. The van der Waals surface area contributed by atoms with Crippen LogP contribution >= 0.6 is 0 Å². The number of Topliss-reactive ketones (excluding diaryl/α,β-unsaturated/α-hetero) is 1. The first-order chi connectivity index (χ1) is 12.3. The standard InChI is InChI=1S/C19H20O7/c1-13(2)18(23)25-11-16(21)24-12-17(22)26-19(9-8-15(20)10-19)14-6-4-3-5-7-14/h3-7H,1,8-12H2,2H3. The molecule has 0 bridgehead atoms. The number of hydrogen-bond acceptors (Lipinski definition) is 7. The Morgan fingerprint density at radius 3 is 2.31 bits per heavy atom. The Labute approximate surface area is 150 Å². The van der Waals surface area contributed by atoms with E-state index >= 15 is 0 Å². The van der Waals surface area contributed by atoms with Crippen LogP contribution in [0, 0.1) is 0 Å². The predicted molar refractivity (Wildman–Crippen MR) is 89.8 cm³/mol. The second kappa shape index (κ2) is 8.42. The van der Waals surface area contributed by atoms with Gasteiger partial charge in [0.25, 0.3) is 0 Å². The zero-order valence-corrected chi connectivity index (χ0v) is 14.5. The topological polar surface area (TPSA) is 96.0 Å². The Morgan fingerprint density at radius 2 is 1.73 bits per heavy atom. The molecule has 0 spiro atoms. The molecule has 7 nitrogen and oxygen atoms in total. The summed E-state index contributed by atoms with van der Waals surface area (Å²) in [5.74, 6) is -2.38. The van der Waals surface area contributed by atoms with Crippen molar-refractivity contribution in [2.45, 2.75) is 31.8 Å². The van der Waals surface area contributed by atoms with Crippen molar-refractivity contribution in [2.24, 2.45) is 0 Å². The van der Waals surface area contributed by atoms with Crippen molar-refractivity contribution in [3.05, 3.63) is 48.0 Å². The van der Waals surface area contributed by atoms with Crippen LogP contribution in [0.1, 0.15) is 31.7 Å². The van der Waals surface area contributed by atoms with Crippen LogP contribution in [0.15, 0.2) is 42.5 Å². The van der Waals surface area contributed by atoms with Gasteiger partial charge in [0.15, 0.2) is 13.2 Å². The normalized spacial score (nSPS) is 18.9. The first-order valence-corrected chi connectivity index (χ1v) is 8.10. The zero-order valence-electron chi connectivity index (χ0n) is 14.5. The van der Waals surface area contributed by atoms with Crippen LogP contribution in [0.4, 0.5) is 0 Å². The third-order valence-corrected chi connectivity index (χ3v) is 3.92. The molecule has 1 atom stereocenters. The van der Waals surface area contributed by atoms with Gasteiger partial charge in [-0.15, -0.1) is 0 Å². The van der Waals surface area contributed by atoms with E-state index in [-0.39, 0.29) is 17.8 Å². The van der Waals surface area contributed by atoms with Crippen molar-refractivity contribution in [1.29, 1.82) is 0 Å². The van der Waals surface area contributed by atoms with Gasteiger partial charge >= 0.3 is 17.9 Å². The third kappa shape index (κ3) is 5.02. The van der Waals surface area contributed by atoms with Crippen LogP contribution in [0.5, 0.6) is 0 Å². The fourth-order valence-electron chi connectivity index (χ4n) is 2.65. The molecule has 0 aliphatic heterocycles. The van der Waals surface area contributed by atoms with Crippen LogP contribution < -0.4 is 0 Å². The summed E-state index contributed by atoms with van der Waals surface area (Å²) in [5.41, 5.74) is -0.164. The van der Waals surface area contributed by atoms with Gasteiger partial charge < -0.3 is 14.2 Å². The fourth-order valence-corrected chi connectivity index (χ4v) is 2.65. The van der Waals surface area contributed by atoms with E-state index in [1.165, 1.54) is 6.92 Å². The van der Waals surface area contributed by atoms with Crippen LogP contribution in [0.25, 0.3) is 0 Å². The second-order valence-electron chi connectivity index (χ2n) is 6.07. The predicted octanol–water partition coefficient (Wildman–Crippen LogP) is 1.84. The number of rotatable bonds is 7. The molecule has 2 rings (SSSR count). The van der Waals surface area contributed by atoms with Gasteiger partial charge in [-0.1, -0.05) is 36.9 Å². The lowest BCUT2D eigenvalue weighted by Gasteiger charge is -2.28. The molecule has 1 aliphatic carbocycles. The van der Waals surface area contributed by atoms with E-state index in [9.17, 15) is 19.2 Å². The molecule has 138 valence electrons. The molecule has 26 heavy (non-hydrogen) atoms. The van der Waals surface area contributed by atoms with Crippen LogP contribution in [0.3, 0.4) is 0 Å². The molecule has 1 unspecified atom stereocenters. The number of ketones is 1. The summed E-state index contributed by atoms with van der Waals surface area (Å²) in [6.07, 6.45) is 0.789. The maximum atomic E-state index is 12.1. The number of carbonyl (C=O) groups is 4. The lowest BCUT2D eigenvalue weighted by molar-refractivity contribution is -0.173. The molecular formula is C19H20O7. The van der Waals surface area contributed by atoms with Crippen LogP contribution in [-0.2, 0) is 39.0 Å². The molecule has 7 heteroatoms. The van der Waals surface area contributed by atoms with Crippen molar-refractivity contribution in [3.63, 3.8) is 0 Å². The maximum Gasteiger partial charge on any atom is 0.345 e. The molecule has 1 aromatic carbocycles. The fraction of sp³-hybridized carbons (Fsp3) is 0.368. The summed E-state index contributed by atoms with van der Waals surface area (Å²) in [7, 11) is 0. The van der Waals surface area contributed by atoms with Gasteiger partial charge in [0.1, 0.15) is 11.4 Å². The zero-order chi connectivity index (χ0) is 19.2. The second-order valence-corrected chi connectivity index (χ2v) is 6.07. The number of benzene rings is 1. The molecule has 0 amide bonds. The highest BCUT2D eigenvalue weighted by molar-refractivity contribution is 5.89. The SMILES string of the molecule is C=C(C)C(=O)OCC(=O)OCC(=O)OC1(c2ccccc2)CCC(=O)C1. The monoisotopic (exact) mass is 360 g/mol. The molecule has 1 aliphatic rings. The van der Waals surface area contributed by atoms with Gasteiger partial charge in [-0.05, 0) is 18.9 Å². The molecule has 0 radical (unpaired) electrons. The van der Waals surface area contributed by atoms with Gasteiger partial charge in [-0.3, -0.25) is 4.79 Å². The van der Waals surface area contributed by atoms with Crippen molar-refractivity contribution < 1.29 is 33.4 Å². The summed E-state index contributed by atoms with van der Waals surface area (Å²) >= 11 is 0. The first-order valence-electron chi connectivity index (χ1n) is 8.10.